The van der Waals surface area contributed by atoms with Crippen molar-refractivity contribution in [2.45, 2.75) is 39.0 Å². The maximum Gasteiger partial charge on any atom is 0.248 e. The van der Waals surface area contributed by atoms with Gasteiger partial charge in [0.1, 0.15) is 6.54 Å². The van der Waals surface area contributed by atoms with Crippen molar-refractivity contribution in [3.8, 4) is 0 Å². The highest BCUT2D eigenvalue weighted by atomic mass is 16.2. The number of carbonyl (C=O) groups excluding carboxylic acids is 1. The first-order chi connectivity index (χ1) is 12.8. The molecule has 1 aliphatic carbocycles. The van der Waals surface area contributed by atoms with E-state index in [-0.39, 0.29) is 12.5 Å². The van der Waals surface area contributed by atoms with Gasteiger partial charge in [0.05, 0.1) is 0 Å². The van der Waals surface area contributed by atoms with E-state index < -0.39 is 0 Å². The van der Waals surface area contributed by atoms with Crippen molar-refractivity contribution < 1.29 is 4.79 Å². The highest BCUT2D eigenvalue weighted by Crippen LogP contribution is 2.36. The monoisotopic (exact) mass is 354 g/mol. The van der Waals surface area contributed by atoms with Crippen LogP contribution in [0.5, 0.6) is 0 Å². The summed E-state index contributed by atoms with van der Waals surface area (Å²) in [5.74, 6) is 2.65. The fourth-order valence-corrected chi connectivity index (χ4v) is 4.83. The van der Waals surface area contributed by atoms with E-state index in [1.54, 1.807) is 0 Å². The predicted octanol–water partition coefficient (Wildman–Crippen LogP) is 2.66. The molecule has 1 N–H and O–H groups in total. The fourth-order valence-electron chi connectivity index (χ4n) is 4.83. The Balaban J connectivity index is 1.42. The molecule has 4 rings (SSSR count). The minimum atomic E-state index is 0.0990. The number of hydrogen-bond donors (Lipinski definition) is 1. The number of guanidine groups is 1. The summed E-state index contributed by atoms with van der Waals surface area (Å²) < 4.78 is 0. The minimum Gasteiger partial charge on any atom is -0.357 e. The number of fused-ring (bicyclic) bond motifs is 2. The van der Waals surface area contributed by atoms with Crippen LogP contribution in [0.25, 0.3) is 0 Å². The summed E-state index contributed by atoms with van der Waals surface area (Å²) in [5.41, 5.74) is 2.32. The Kier molecular flexibility index (Phi) is 5.14. The molecule has 0 aromatic heterocycles. The lowest BCUT2D eigenvalue weighted by molar-refractivity contribution is -0.117. The van der Waals surface area contributed by atoms with Crippen LogP contribution in [0.1, 0.15) is 38.2 Å². The van der Waals surface area contributed by atoms with Crippen LogP contribution in [-0.4, -0.2) is 49.5 Å². The Morgan fingerprint density at radius 1 is 1.19 bits per heavy atom. The summed E-state index contributed by atoms with van der Waals surface area (Å²) in [6.45, 7) is 6.12. The van der Waals surface area contributed by atoms with Gasteiger partial charge in [0, 0.05) is 31.9 Å². The van der Waals surface area contributed by atoms with Crippen molar-refractivity contribution in [3.05, 3.63) is 29.8 Å². The highest BCUT2D eigenvalue weighted by Gasteiger charge is 2.35. The third-order valence-corrected chi connectivity index (χ3v) is 6.16. The average molecular weight is 354 g/mol. The SMILES string of the molecule is CCNC(=NCC(=O)N1CCc2ccccc21)N1CC2CCCCC2C1. The molecule has 140 valence electrons. The highest BCUT2D eigenvalue weighted by molar-refractivity contribution is 5.98. The van der Waals surface area contributed by atoms with Crippen molar-refractivity contribution in [1.82, 2.24) is 10.2 Å². The smallest absolute Gasteiger partial charge is 0.248 e. The molecule has 1 saturated heterocycles. The molecular formula is C21H30N4O. The molecule has 1 aromatic carbocycles. The molecule has 1 amide bonds. The molecule has 2 atom stereocenters. The number of likely N-dealkylation sites (tertiary alicyclic amines) is 1. The maximum absolute atomic E-state index is 12.8. The van der Waals surface area contributed by atoms with Gasteiger partial charge in [0.15, 0.2) is 5.96 Å². The minimum absolute atomic E-state index is 0.0990. The Bertz CT molecular complexity index is 672. The number of benzene rings is 1. The van der Waals surface area contributed by atoms with Gasteiger partial charge in [0.25, 0.3) is 0 Å². The lowest BCUT2D eigenvalue weighted by Crippen LogP contribution is -2.41. The lowest BCUT2D eigenvalue weighted by atomic mass is 9.82. The van der Waals surface area contributed by atoms with Gasteiger partial charge < -0.3 is 15.1 Å². The van der Waals surface area contributed by atoms with Crippen LogP contribution in [0.3, 0.4) is 0 Å². The number of aliphatic imine (C=N–C) groups is 1. The number of anilines is 1. The van der Waals surface area contributed by atoms with Crippen LogP contribution in [-0.2, 0) is 11.2 Å². The van der Waals surface area contributed by atoms with E-state index in [9.17, 15) is 4.79 Å². The Morgan fingerprint density at radius 3 is 2.65 bits per heavy atom. The van der Waals surface area contributed by atoms with Crippen LogP contribution in [0.4, 0.5) is 5.69 Å². The summed E-state index contributed by atoms with van der Waals surface area (Å²) >= 11 is 0. The summed E-state index contributed by atoms with van der Waals surface area (Å²) in [4.78, 5) is 21.7. The summed E-state index contributed by atoms with van der Waals surface area (Å²) in [5, 5.41) is 3.40. The number of para-hydroxylation sites is 1. The van der Waals surface area contributed by atoms with Crippen molar-refractivity contribution in [2.75, 3.05) is 37.6 Å². The van der Waals surface area contributed by atoms with Gasteiger partial charge in [-0.3, -0.25) is 4.79 Å². The first-order valence-electron chi connectivity index (χ1n) is 10.2. The molecule has 1 aromatic rings. The first kappa shape index (κ1) is 17.4. The van der Waals surface area contributed by atoms with E-state index in [1.807, 2.05) is 23.1 Å². The molecule has 26 heavy (non-hydrogen) atoms. The van der Waals surface area contributed by atoms with Crippen LogP contribution in [0.2, 0.25) is 0 Å². The van der Waals surface area contributed by atoms with Gasteiger partial charge in [-0.25, -0.2) is 4.99 Å². The molecule has 0 bridgehead atoms. The third-order valence-electron chi connectivity index (χ3n) is 6.16. The first-order valence-corrected chi connectivity index (χ1v) is 10.2. The molecule has 5 nitrogen and oxygen atoms in total. The van der Waals surface area contributed by atoms with E-state index in [1.165, 1.54) is 31.2 Å². The van der Waals surface area contributed by atoms with Gasteiger partial charge in [0.2, 0.25) is 5.91 Å². The fraction of sp³-hybridized carbons (Fsp3) is 0.619. The largest absolute Gasteiger partial charge is 0.357 e. The average Bonchev–Trinajstić information content (AvgIpc) is 3.28. The van der Waals surface area contributed by atoms with Gasteiger partial charge in [-0.2, -0.15) is 0 Å². The molecule has 2 heterocycles. The quantitative estimate of drug-likeness (QED) is 0.671. The zero-order chi connectivity index (χ0) is 17.9. The van der Waals surface area contributed by atoms with Crippen molar-refractivity contribution in [3.63, 3.8) is 0 Å². The van der Waals surface area contributed by atoms with Crippen molar-refractivity contribution in [2.24, 2.45) is 16.8 Å². The molecule has 1 saturated carbocycles. The summed E-state index contributed by atoms with van der Waals surface area (Å²) in [7, 11) is 0. The normalized spacial score (nSPS) is 25.2. The van der Waals surface area contributed by atoms with E-state index in [2.05, 4.69) is 23.2 Å². The molecule has 3 aliphatic rings. The van der Waals surface area contributed by atoms with Gasteiger partial charge in [-0.05, 0) is 49.7 Å². The number of rotatable bonds is 3. The lowest BCUT2D eigenvalue weighted by Gasteiger charge is -2.22. The van der Waals surface area contributed by atoms with E-state index in [0.717, 1.165) is 56.1 Å². The number of hydrogen-bond acceptors (Lipinski definition) is 2. The van der Waals surface area contributed by atoms with Gasteiger partial charge in [-0.1, -0.05) is 31.0 Å². The second-order valence-corrected chi connectivity index (χ2v) is 7.80. The van der Waals surface area contributed by atoms with Crippen molar-refractivity contribution in [1.29, 1.82) is 0 Å². The van der Waals surface area contributed by atoms with Crippen LogP contribution >= 0.6 is 0 Å². The number of amides is 1. The van der Waals surface area contributed by atoms with Crippen molar-refractivity contribution >= 4 is 17.6 Å². The van der Waals surface area contributed by atoms with E-state index in [0.29, 0.717) is 0 Å². The van der Waals surface area contributed by atoms with Gasteiger partial charge >= 0.3 is 0 Å². The Morgan fingerprint density at radius 2 is 1.92 bits per heavy atom. The molecule has 0 radical (unpaired) electrons. The topological polar surface area (TPSA) is 47.9 Å². The zero-order valence-electron chi connectivity index (χ0n) is 15.8. The molecule has 5 heteroatoms. The molecular weight excluding hydrogens is 324 g/mol. The second kappa shape index (κ2) is 7.68. The molecule has 2 unspecified atom stereocenters. The Hall–Kier alpha value is -2.04. The number of carbonyl (C=O) groups is 1. The summed E-state index contributed by atoms with van der Waals surface area (Å²) in [6.07, 6.45) is 6.39. The van der Waals surface area contributed by atoms with Crippen LogP contribution < -0.4 is 10.2 Å². The molecule has 2 aliphatic heterocycles. The standard InChI is InChI=1S/C21H30N4O/c1-2-22-21(24-14-17-8-3-4-9-18(17)15-24)23-13-20(26)25-12-11-16-7-5-6-10-19(16)25/h5-7,10,17-18H,2-4,8-9,11-15H2,1H3,(H,22,23). The third kappa shape index (κ3) is 3.44. The number of nitrogens with zero attached hydrogens (tertiary/aromatic N) is 3. The zero-order valence-corrected chi connectivity index (χ0v) is 15.8. The maximum atomic E-state index is 12.8. The van der Waals surface area contributed by atoms with Crippen LogP contribution in [0, 0.1) is 11.8 Å². The summed E-state index contributed by atoms with van der Waals surface area (Å²) in [6, 6.07) is 8.20. The second-order valence-electron chi connectivity index (χ2n) is 7.80. The number of nitrogens with one attached hydrogen (secondary N) is 1. The Labute approximate surface area is 156 Å². The van der Waals surface area contributed by atoms with Gasteiger partial charge in [-0.15, -0.1) is 0 Å². The molecule has 2 fully saturated rings. The predicted molar refractivity (Wildman–Crippen MR) is 105 cm³/mol. The van der Waals surface area contributed by atoms with Crippen LogP contribution in [0.15, 0.2) is 29.3 Å². The molecule has 0 spiro atoms. The van der Waals surface area contributed by atoms with E-state index in [4.69, 9.17) is 4.99 Å². The van der Waals surface area contributed by atoms with E-state index >= 15 is 0 Å².